The second-order valence-corrected chi connectivity index (χ2v) is 8.18. The number of nitrogens with zero attached hydrogens (tertiary/aromatic N) is 3. The Bertz CT molecular complexity index is 1010. The summed E-state index contributed by atoms with van der Waals surface area (Å²) in [6.07, 6.45) is 3.63. The van der Waals surface area contributed by atoms with Gasteiger partial charge in [0.2, 0.25) is 5.91 Å². The van der Waals surface area contributed by atoms with Crippen molar-refractivity contribution in [3.05, 3.63) is 53.3 Å². The van der Waals surface area contributed by atoms with E-state index in [2.05, 4.69) is 0 Å². The molecule has 0 aliphatic rings. The van der Waals surface area contributed by atoms with Crippen LogP contribution in [-0.4, -0.2) is 45.6 Å². The van der Waals surface area contributed by atoms with Gasteiger partial charge in [0.25, 0.3) is 0 Å². The molecule has 0 fully saturated rings. The lowest BCUT2D eigenvalue weighted by Gasteiger charge is -2.18. The zero-order valence-electron chi connectivity index (χ0n) is 17.8. The molecule has 0 aliphatic carbocycles. The van der Waals surface area contributed by atoms with Crippen LogP contribution < -0.4 is 4.74 Å². The summed E-state index contributed by atoms with van der Waals surface area (Å²) in [6.45, 7) is 5.83. The molecule has 0 atom stereocenters. The minimum atomic E-state index is 0.0550. The number of halogens is 2. The Labute approximate surface area is 191 Å². The molecule has 0 spiro atoms. The molecule has 8 heteroatoms. The Morgan fingerprint density at radius 2 is 1.90 bits per heavy atom. The molecule has 0 aliphatic heterocycles. The van der Waals surface area contributed by atoms with Crippen molar-refractivity contribution in [3.8, 4) is 17.0 Å². The molecule has 1 aromatic carbocycles. The maximum Gasteiger partial charge on any atom is 0.228 e. The monoisotopic (exact) mass is 463 g/mol. The second-order valence-electron chi connectivity index (χ2n) is 7.12. The number of imidazole rings is 1. The molecular formula is C23H27ClFN3O2S. The number of ether oxygens (including phenoxy) is 1. The third-order valence-corrected chi connectivity index (χ3v) is 5.80. The fourth-order valence-corrected chi connectivity index (χ4v) is 3.93. The third kappa shape index (κ3) is 5.92. The van der Waals surface area contributed by atoms with Crippen LogP contribution in [0.15, 0.2) is 42.6 Å². The highest BCUT2D eigenvalue weighted by Gasteiger charge is 2.20. The van der Waals surface area contributed by atoms with Crippen molar-refractivity contribution in [1.82, 2.24) is 14.3 Å². The zero-order chi connectivity index (χ0) is 22.2. The summed E-state index contributed by atoms with van der Waals surface area (Å²) in [5, 5.41) is 0.586. The highest BCUT2D eigenvalue weighted by molar-refractivity contribution is 7.94. The Morgan fingerprint density at radius 3 is 2.58 bits per heavy atom. The first-order valence-corrected chi connectivity index (χ1v) is 11.7. The van der Waals surface area contributed by atoms with E-state index in [0.717, 1.165) is 41.2 Å². The van der Waals surface area contributed by atoms with Gasteiger partial charge in [-0.3, -0.25) is 4.79 Å². The highest BCUT2D eigenvalue weighted by atomic mass is 35.5. The zero-order valence-corrected chi connectivity index (χ0v) is 19.4. The van der Waals surface area contributed by atoms with E-state index in [1.165, 1.54) is 0 Å². The smallest absolute Gasteiger partial charge is 0.228 e. The first-order chi connectivity index (χ1) is 15.1. The number of pyridine rings is 1. The van der Waals surface area contributed by atoms with Crippen molar-refractivity contribution in [3.63, 3.8) is 0 Å². The lowest BCUT2D eigenvalue weighted by Crippen LogP contribution is -2.32. The number of aromatic nitrogens is 2. The van der Waals surface area contributed by atoms with E-state index < -0.39 is 0 Å². The molecule has 166 valence electrons. The van der Waals surface area contributed by atoms with E-state index in [-0.39, 0.29) is 12.3 Å². The summed E-state index contributed by atoms with van der Waals surface area (Å²) in [6, 6.07) is 11.3. The van der Waals surface area contributed by atoms with Crippen LogP contribution in [0.25, 0.3) is 16.9 Å². The van der Waals surface area contributed by atoms with Crippen molar-refractivity contribution in [2.24, 2.45) is 0 Å². The molecular weight excluding hydrogens is 437 g/mol. The van der Waals surface area contributed by atoms with Crippen LogP contribution in [0.5, 0.6) is 5.75 Å². The molecule has 0 N–H and O–H groups in total. The topological polar surface area (TPSA) is 46.8 Å². The van der Waals surface area contributed by atoms with Crippen LogP contribution in [-0.2, 0) is 11.2 Å². The van der Waals surface area contributed by atoms with Gasteiger partial charge in [-0.25, -0.2) is 4.98 Å². The summed E-state index contributed by atoms with van der Waals surface area (Å²) >= 11 is 6.58. The summed E-state index contributed by atoms with van der Waals surface area (Å²) in [7, 11) is 0. The highest BCUT2D eigenvalue weighted by Crippen LogP contribution is 2.28. The predicted molar refractivity (Wildman–Crippen MR) is 126 cm³/mol. The molecule has 0 saturated carbocycles. The lowest BCUT2D eigenvalue weighted by atomic mass is 10.1. The fourth-order valence-electron chi connectivity index (χ4n) is 3.46. The number of unbranched alkanes of at least 4 members (excludes halogenated alkanes) is 1. The summed E-state index contributed by atoms with van der Waals surface area (Å²) in [5.41, 5.74) is 3.22. The summed E-state index contributed by atoms with van der Waals surface area (Å²) < 4.78 is 19.7. The van der Waals surface area contributed by atoms with E-state index in [0.29, 0.717) is 42.6 Å². The van der Waals surface area contributed by atoms with Crippen LogP contribution in [0, 0.1) is 0 Å². The number of hydrogen-bond donors (Lipinski definition) is 0. The van der Waals surface area contributed by atoms with Gasteiger partial charge in [0.15, 0.2) is 0 Å². The number of benzene rings is 1. The SMILES string of the molecule is CCN(CC)C(=O)Cc1c(-c2ccc(OCCCCSF)cc2)nc2ccc(Cl)cn12. The average molecular weight is 464 g/mol. The molecule has 0 saturated heterocycles. The molecule has 2 heterocycles. The van der Waals surface area contributed by atoms with E-state index in [1.54, 1.807) is 12.3 Å². The molecule has 1 amide bonds. The van der Waals surface area contributed by atoms with Crippen molar-refractivity contribution >= 4 is 35.3 Å². The van der Waals surface area contributed by atoms with Crippen LogP contribution >= 0.6 is 23.7 Å². The van der Waals surface area contributed by atoms with E-state index >= 15 is 0 Å². The Morgan fingerprint density at radius 1 is 1.16 bits per heavy atom. The van der Waals surface area contributed by atoms with Gasteiger partial charge in [0, 0.05) is 42.8 Å². The number of fused-ring (bicyclic) bond motifs is 1. The van der Waals surface area contributed by atoms with Crippen molar-refractivity contribution in [1.29, 1.82) is 0 Å². The number of likely N-dealkylation sites (N-methyl/N-ethyl adjacent to an activating group) is 1. The Balaban J connectivity index is 1.86. The van der Waals surface area contributed by atoms with E-state index in [4.69, 9.17) is 21.3 Å². The Kier molecular flexibility index (Phi) is 8.60. The van der Waals surface area contributed by atoms with Gasteiger partial charge in [-0.05, 0) is 63.1 Å². The minimum absolute atomic E-state index is 0.0550. The molecule has 2 aromatic heterocycles. The molecule has 5 nitrogen and oxygen atoms in total. The predicted octanol–water partition coefficient (Wildman–Crippen LogP) is 5.84. The molecule has 3 aromatic rings. The fraction of sp³-hybridized carbons (Fsp3) is 0.391. The van der Waals surface area contributed by atoms with Gasteiger partial charge in [-0.2, -0.15) is 3.89 Å². The van der Waals surface area contributed by atoms with Gasteiger partial charge < -0.3 is 14.0 Å². The van der Waals surface area contributed by atoms with Crippen molar-refractivity contribution in [2.75, 3.05) is 25.4 Å². The van der Waals surface area contributed by atoms with E-state index in [9.17, 15) is 8.68 Å². The standard InChI is InChI=1S/C23H27ClFN3O2S/c1-3-27(4-2)22(29)15-20-23(26-21-12-9-18(24)16-28(20)21)17-7-10-19(11-8-17)30-13-5-6-14-31-25/h7-12,16H,3-6,13-15H2,1-2H3. The van der Waals surface area contributed by atoms with Gasteiger partial charge >= 0.3 is 0 Å². The number of hydrogen-bond acceptors (Lipinski definition) is 4. The molecule has 0 radical (unpaired) electrons. The first kappa shape index (κ1) is 23.4. The van der Waals surface area contributed by atoms with Crippen LogP contribution in [0.3, 0.4) is 0 Å². The number of carbonyl (C=O) groups excluding carboxylic acids is 1. The van der Waals surface area contributed by atoms with Gasteiger partial charge in [0.05, 0.1) is 29.4 Å². The maximum atomic E-state index is 12.8. The van der Waals surface area contributed by atoms with E-state index in [1.807, 2.05) is 53.5 Å². The quantitative estimate of drug-likeness (QED) is 0.335. The molecule has 0 unspecified atom stereocenters. The van der Waals surface area contributed by atoms with Crippen LogP contribution in [0.4, 0.5) is 3.89 Å². The maximum absolute atomic E-state index is 12.8. The number of amides is 1. The first-order valence-electron chi connectivity index (χ1n) is 10.5. The summed E-state index contributed by atoms with van der Waals surface area (Å²) in [5.74, 6) is 1.30. The number of rotatable bonds is 11. The molecule has 31 heavy (non-hydrogen) atoms. The minimum Gasteiger partial charge on any atom is -0.494 e. The van der Waals surface area contributed by atoms with Gasteiger partial charge in [-0.15, -0.1) is 0 Å². The normalized spacial score (nSPS) is 11.1. The van der Waals surface area contributed by atoms with Crippen molar-refractivity contribution < 1.29 is 13.4 Å². The summed E-state index contributed by atoms with van der Waals surface area (Å²) in [4.78, 5) is 19.4. The molecule has 3 rings (SSSR count). The van der Waals surface area contributed by atoms with Crippen molar-refractivity contribution in [2.45, 2.75) is 33.1 Å². The van der Waals surface area contributed by atoms with Gasteiger partial charge in [-0.1, -0.05) is 11.6 Å². The van der Waals surface area contributed by atoms with Crippen LogP contribution in [0.2, 0.25) is 5.02 Å². The van der Waals surface area contributed by atoms with Crippen LogP contribution in [0.1, 0.15) is 32.4 Å². The lowest BCUT2D eigenvalue weighted by molar-refractivity contribution is -0.130. The second kappa shape index (κ2) is 11.4. The largest absolute Gasteiger partial charge is 0.494 e. The van der Waals surface area contributed by atoms with Gasteiger partial charge in [0.1, 0.15) is 11.4 Å². The Hall–Kier alpha value is -2.25. The third-order valence-electron chi connectivity index (χ3n) is 5.13. The molecule has 0 bridgehead atoms. The average Bonchev–Trinajstić information content (AvgIpc) is 3.12. The number of carbonyl (C=O) groups is 1.